The molecule has 0 saturated heterocycles. The number of nitrogens with zero attached hydrogens (tertiary/aromatic N) is 1. The lowest BCUT2D eigenvalue weighted by atomic mass is 10.0. The summed E-state index contributed by atoms with van der Waals surface area (Å²) in [5.74, 6) is -0.464. The average Bonchev–Trinajstić information content (AvgIpc) is 2.71. The minimum atomic E-state index is -0.431. The maximum atomic E-state index is 13.5. The van der Waals surface area contributed by atoms with Gasteiger partial charge < -0.3 is 10.2 Å². The van der Waals surface area contributed by atoms with E-state index in [1.807, 2.05) is 49.9 Å². The van der Waals surface area contributed by atoms with E-state index < -0.39 is 11.2 Å². The second-order valence-electron chi connectivity index (χ2n) is 7.97. The highest BCUT2D eigenvalue weighted by Crippen LogP contribution is 2.42. The highest BCUT2D eigenvalue weighted by atomic mass is 32.2. The summed E-state index contributed by atoms with van der Waals surface area (Å²) in [4.78, 5) is 29.2. The quantitative estimate of drug-likeness (QED) is 0.740. The first-order valence-corrected chi connectivity index (χ1v) is 11.1. The lowest BCUT2D eigenvalue weighted by Crippen LogP contribution is -2.48. The molecule has 29 heavy (non-hydrogen) atoms. The van der Waals surface area contributed by atoms with Gasteiger partial charge in [0.1, 0.15) is 5.25 Å². The van der Waals surface area contributed by atoms with E-state index >= 15 is 0 Å². The van der Waals surface area contributed by atoms with Crippen LogP contribution >= 0.6 is 11.8 Å². The van der Waals surface area contributed by atoms with Gasteiger partial charge in [0.25, 0.3) is 0 Å². The third-order valence-electron chi connectivity index (χ3n) is 5.62. The van der Waals surface area contributed by atoms with Gasteiger partial charge in [-0.25, -0.2) is 0 Å². The van der Waals surface area contributed by atoms with Crippen molar-refractivity contribution >= 4 is 29.3 Å². The maximum Gasteiger partial charge on any atom is 0.241 e. The van der Waals surface area contributed by atoms with Crippen LogP contribution in [0.5, 0.6) is 0 Å². The van der Waals surface area contributed by atoms with E-state index in [2.05, 4.69) is 37.4 Å². The second-order valence-corrected chi connectivity index (χ2v) is 9.15. The van der Waals surface area contributed by atoms with E-state index in [0.717, 1.165) is 22.6 Å². The third-order valence-corrected chi connectivity index (χ3v) is 7.08. The van der Waals surface area contributed by atoms with E-state index in [9.17, 15) is 9.59 Å². The van der Waals surface area contributed by atoms with Gasteiger partial charge in [-0.1, -0.05) is 49.7 Å². The number of carbonyl (C=O) groups excluding carboxylic acids is 2. The highest BCUT2D eigenvalue weighted by Gasteiger charge is 2.39. The van der Waals surface area contributed by atoms with Crippen LogP contribution in [0.2, 0.25) is 0 Å². The first-order chi connectivity index (χ1) is 13.8. The molecule has 0 bridgehead atoms. The standard InChI is InChI=1S/C24H30N2O2S/c1-6-17(4)25-23(27)18(5)22-24(28)26(20-9-7-8-10-21(20)29-22)14-19-13-15(2)11-12-16(19)3/h7-13,17-18,22H,6,14H2,1-5H3,(H,25,27)/t17-,18-,22+/m0/s1. The molecule has 0 aromatic heterocycles. The topological polar surface area (TPSA) is 49.4 Å². The molecule has 1 heterocycles. The summed E-state index contributed by atoms with van der Waals surface area (Å²) in [5, 5.41) is 2.60. The molecule has 2 aromatic carbocycles. The van der Waals surface area contributed by atoms with Crippen LogP contribution in [0.1, 0.15) is 43.9 Å². The van der Waals surface area contributed by atoms with Gasteiger partial charge in [0.05, 0.1) is 18.2 Å². The summed E-state index contributed by atoms with van der Waals surface area (Å²) < 4.78 is 0. The second kappa shape index (κ2) is 9.04. The lowest BCUT2D eigenvalue weighted by molar-refractivity contribution is -0.128. The first kappa shape index (κ1) is 21.4. The predicted molar refractivity (Wildman–Crippen MR) is 120 cm³/mol. The zero-order chi connectivity index (χ0) is 21.1. The number of rotatable bonds is 6. The number of hydrogen-bond donors (Lipinski definition) is 1. The smallest absolute Gasteiger partial charge is 0.241 e. The van der Waals surface area contributed by atoms with Crippen molar-refractivity contribution in [2.24, 2.45) is 5.92 Å². The van der Waals surface area contributed by atoms with Gasteiger partial charge in [-0.05, 0) is 50.5 Å². The molecule has 2 amide bonds. The lowest BCUT2D eigenvalue weighted by Gasteiger charge is -2.36. The minimum absolute atomic E-state index is 0.00130. The zero-order valence-corrected chi connectivity index (χ0v) is 18.7. The van der Waals surface area contributed by atoms with E-state index in [4.69, 9.17) is 0 Å². The van der Waals surface area contributed by atoms with Gasteiger partial charge in [-0.3, -0.25) is 9.59 Å². The van der Waals surface area contributed by atoms with Crippen LogP contribution in [0.15, 0.2) is 47.4 Å². The Kier molecular flexibility index (Phi) is 6.68. The van der Waals surface area contributed by atoms with Gasteiger partial charge in [-0.2, -0.15) is 0 Å². The molecule has 3 rings (SSSR count). The number of nitrogens with one attached hydrogen (secondary N) is 1. The van der Waals surface area contributed by atoms with Crippen molar-refractivity contribution < 1.29 is 9.59 Å². The van der Waals surface area contributed by atoms with Crippen molar-refractivity contribution in [1.29, 1.82) is 0 Å². The molecule has 1 aliphatic heterocycles. The van der Waals surface area contributed by atoms with Crippen LogP contribution in [-0.2, 0) is 16.1 Å². The molecular weight excluding hydrogens is 380 g/mol. The van der Waals surface area contributed by atoms with E-state index in [1.54, 1.807) is 0 Å². The minimum Gasteiger partial charge on any atom is -0.353 e. The normalized spacial score (nSPS) is 18.2. The van der Waals surface area contributed by atoms with Gasteiger partial charge >= 0.3 is 0 Å². The number of thioether (sulfide) groups is 1. The summed E-state index contributed by atoms with van der Waals surface area (Å²) in [5.41, 5.74) is 4.40. The SMILES string of the molecule is CC[C@H](C)NC(=O)[C@@H](C)[C@H]1Sc2ccccc2N(Cc2cc(C)ccc2C)C1=O. The molecule has 0 aliphatic carbocycles. The summed E-state index contributed by atoms with van der Waals surface area (Å²) in [6, 6.07) is 14.4. The van der Waals surface area contributed by atoms with Gasteiger partial charge in [0.2, 0.25) is 11.8 Å². The summed E-state index contributed by atoms with van der Waals surface area (Å²) in [6.45, 7) is 10.5. The number of fused-ring (bicyclic) bond motifs is 1. The number of amides is 2. The largest absolute Gasteiger partial charge is 0.353 e. The van der Waals surface area contributed by atoms with Crippen molar-refractivity contribution in [2.75, 3.05) is 4.90 Å². The van der Waals surface area contributed by atoms with Crippen LogP contribution in [0, 0.1) is 19.8 Å². The van der Waals surface area contributed by atoms with Crippen molar-refractivity contribution in [3.05, 3.63) is 59.2 Å². The van der Waals surface area contributed by atoms with Gasteiger partial charge in [0.15, 0.2) is 0 Å². The maximum absolute atomic E-state index is 13.5. The van der Waals surface area contributed by atoms with E-state index in [1.165, 1.54) is 22.9 Å². The molecule has 4 nitrogen and oxygen atoms in total. The third kappa shape index (κ3) is 4.67. The Morgan fingerprint density at radius 1 is 1.17 bits per heavy atom. The molecule has 0 fully saturated rings. The molecule has 0 spiro atoms. The molecule has 2 aromatic rings. The van der Waals surface area contributed by atoms with Crippen LogP contribution in [0.3, 0.4) is 0 Å². The molecule has 5 heteroatoms. The van der Waals surface area contributed by atoms with E-state index in [-0.39, 0.29) is 17.9 Å². The number of carbonyl (C=O) groups is 2. The van der Waals surface area contributed by atoms with Crippen molar-refractivity contribution in [2.45, 2.75) is 63.8 Å². The Labute approximate surface area is 178 Å². The number of anilines is 1. The van der Waals surface area contributed by atoms with Crippen LogP contribution in [0.4, 0.5) is 5.69 Å². The zero-order valence-electron chi connectivity index (χ0n) is 17.9. The number of aryl methyl sites for hydroxylation is 2. The Bertz CT molecular complexity index is 912. The Balaban J connectivity index is 1.92. The number of benzene rings is 2. The fourth-order valence-corrected chi connectivity index (χ4v) is 4.76. The summed E-state index contributed by atoms with van der Waals surface area (Å²) in [6.07, 6.45) is 0.867. The molecule has 0 saturated carbocycles. The molecule has 0 radical (unpaired) electrons. The molecule has 0 unspecified atom stereocenters. The van der Waals surface area contributed by atoms with Gasteiger partial charge in [-0.15, -0.1) is 11.8 Å². The Hall–Kier alpha value is -2.27. The fraction of sp³-hybridized carbons (Fsp3) is 0.417. The Morgan fingerprint density at radius 3 is 2.62 bits per heavy atom. The number of hydrogen-bond acceptors (Lipinski definition) is 3. The summed E-state index contributed by atoms with van der Waals surface area (Å²) >= 11 is 1.51. The molecular formula is C24H30N2O2S. The van der Waals surface area contributed by atoms with Gasteiger partial charge in [0, 0.05) is 10.9 Å². The molecule has 1 aliphatic rings. The van der Waals surface area contributed by atoms with Crippen LogP contribution < -0.4 is 10.2 Å². The monoisotopic (exact) mass is 410 g/mol. The summed E-state index contributed by atoms with van der Waals surface area (Å²) in [7, 11) is 0. The highest BCUT2D eigenvalue weighted by molar-refractivity contribution is 8.01. The predicted octanol–water partition coefficient (Wildman–Crippen LogP) is 4.86. The molecule has 3 atom stereocenters. The fourth-order valence-electron chi connectivity index (χ4n) is 3.47. The van der Waals surface area contributed by atoms with E-state index in [0.29, 0.717) is 6.54 Å². The Morgan fingerprint density at radius 2 is 1.90 bits per heavy atom. The molecule has 1 N–H and O–H groups in total. The van der Waals surface area contributed by atoms with Crippen molar-refractivity contribution in [1.82, 2.24) is 5.32 Å². The van der Waals surface area contributed by atoms with Crippen molar-refractivity contribution in [3.8, 4) is 0 Å². The number of para-hydroxylation sites is 1. The first-order valence-electron chi connectivity index (χ1n) is 10.2. The van der Waals surface area contributed by atoms with Crippen LogP contribution in [0.25, 0.3) is 0 Å². The van der Waals surface area contributed by atoms with Crippen molar-refractivity contribution in [3.63, 3.8) is 0 Å². The van der Waals surface area contributed by atoms with Crippen LogP contribution in [-0.4, -0.2) is 23.1 Å². The molecule has 154 valence electrons. The average molecular weight is 411 g/mol.